The molecular formula is C12H9F2N3O2. The second kappa shape index (κ2) is 4.13. The average Bonchev–Trinajstić information content (AvgIpc) is 2.93. The number of benzene rings is 1. The van der Waals surface area contributed by atoms with Gasteiger partial charge in [0.25, 0.3) is 0 Å². The van der Waals surface area contributed by atoms with Crippen LogP contribution in [0, 0.1) is 11.6 Å². The van der Waals surface area contributed by atoms with Gasteiger partial charge in [0, 0.05) is 11.6 Å². The Morgan fingerprint density at radius 3 is 2.89 bits per heavy atom. The third kappa shape index (κ3) is 1.78. The van der Waals surface area contributed by atoms with E-state index < -0.39 is 23.6 Å². The molecule has 0 aliphatic carbocycles. The second-order valence-electron chi connectivity index (χ2n) is 4.19. The highest BCUT2D eigenvalue weighted by Crippen LogP contribution is 2.37. The Kier molecular flexibility index (Phi) is 2.56. The predicted molar refractivity (Wildman–Crippen MR) is 61.0 cm³/mol. The molecule has 3 rings (SSSR count). The predicted octanol–water partition coefficient (Wildman–Crippen LogP) is 1.50. The Hall–Kier alpha value is -2.28. The molecule has 0 bridgehead atoms. The molecule has 1 aliphatic heterocycles. The molecule has 1 atom stereocenters. The lowest BCUT2D eigenvalue weighted by atomic mass is 10.1. The van der Waals surface area contributed by atoms with Crippen LogP contribution in [0.1, 0.15) is 17.4 Å². The number of carbonyl (C=O) groups excluding carboxylic acids is 1. The van der Waals surface area contributed by atoms with Gasteiger partial charge in [-0.1, -0.05) is 0 Å². The second-order valence-corrected chi connectivity index (χ2v) is 4.19. The minimum absolute atomic E-state index is 0.00548. The molecule has 0 saturated heterocycles. The van der Waals surface area contributed by atoms with Crippen molar-refractivity contribution >= 4 is 11.6 Å². The summed E-state index contributed by atoms with van der Waals surface area (Å²) in [5, 5.41) is 0. The summed E-state index contributed by atoms with van der Waals surface area (Å²) in [7, 11) is 0. The number of oxazole rings is 1. The maximum atomic E-state index is 13.7. The van der Waals surface area contributed by atoms with Crippen LogP contribution in [0.5, 0.6) is 0 Å². The quantitative estimate of drug-likeness (QED) is 0.893. The van der Waals surface area contributed by atoms with Crippen molar-refractivity contribution in [3.05, 3.63) is 47.7 Å². The van der Waals surface area contributed by atoms with Gasteiger partial charge in [0.15, 0.2) is 6.39 Å². The number of amides is 1. The summed E-state index contributed by atoms with van der Waals surface area (Å²) < 4.78 is 32.0. The molecule has 1 aromatic heterocycles. The molecule has 5 nitrogen and oxygen atoms in total. The number of halogens is 2. The van der Waals surface area contributed by atoms with Gasteiger partial charge in [-0.25, -0.2) is 13.8 Å². The summed E-state index contributed by atoms with van der Waals surface area (Å²) in [6.07, 6.45) is 2.63. The van der Waals surface area contributed by atoms with Gasteiger partial charge in [-0.05, 0) is 6.07 Å². The third-order valence-corrected chi connectivity index (χ3v) is 3.00. The van der Waals surface area contributed by atoms with Gasteiger partial charge in [-0.2, -0.15) is 0 Å². The highest BCUT2D eigenvalue weighted by atomic mass is 19.1. The molecule has 2 N–H and O–H groups in total. The molecule has 19 heavy (non-hydrogen) atoms. The van der Waals surface area contributed by atoms with Crippen LogP contribution in [-0.4, -0.2) is 10.9 Å². The molecule has 2 aromatic rings. The van der Waals surface area contributed by atoms with Crippen molar-refractivity contribution in [2.24, 2.45) is 5.73 Å². The van der Waals surface area contributed by atoms with Crippen LogP contribution < -0.4 is 10.6 Å². The summed E-state index contributed by atoms with van der Waals surface area (Å²) in [6, 6.07) is 0.669. The Labute approximate surface area is 106 Å². The maximum absolute atomic E-state index is 13.7. The number of aromatic nitrogens is 1. The van der Waals surface area contributed by atoms with Crippen LogP contribution in [0.4, 0.5) is 14.5 Å². The monoisotopic (exact) mass is 265 g/mol. The van der Waals surface area contributed by atoms with Gasteiger partial charge >= 0.3 is 0 Å². The number of rotatable bonds is 2. The van der Waals surface area contributed by atoms with Crippen LogP contribution >= 0.6 is 0 Å². The molecule has 1 unspecified atom stereocenters. The normalized spacial score (nSPS) is 17.9. The fourth-order valence-corrected chi connectivity index (χ4v) is 2.15. The smallest absolute Gasteiger partial charge is 0.249 e. The van der Waals surface area contributed by atoms with E-state index in [1.165, 1.54) is 17.5 Å². The van der Waals surface area contributed by atoms with Gasteiger partial charge in [0.2, 0.25) is 5.91 Å². The van der Waals surface area contributed by atoms with E-state index in [0.717, 1.165) is 6.07 Å². The summed E-state index contributed by atoms with van der Waals surface area (Å²) >= 11 is 0. The molecule has 1 aliphatic rings. The fourth-order valence-electron chi connectivity index (χ4n) is 2.15. The number of fused-ring (bicyclic) bond motifs is 1. The molecular weight excluding hydrogens is 256 g/mol. The van der Waals surface area contributed by atoms with E-state index in [1.807, 2.05) is 0 Å². The first-order valence-corrected chi connectivity index (χ1v) is 5.51. The topological polar surface area (TPSA) is 72.4 Å². The van der Waals surface area contributed by atoms with E-state index in [2.05, 4.69) is 4.98 Å². The van der Waals surface area contributed by atoms with Gasteiger partial charge in [0.1, 0.15) is 23.4 Å². The van der Waals surface area contributed by atoms with E-state index in [0.29, 0.717) is 11.8 Å². The van der Waals surface area contributed by atoms with Crippen molar-refractivity contribution in [3.63, 3.8) is 0 Å². The van der Waals surface area contributed by atoms with Crippen LogP contribution in [0.15, 0.2) is 29.1 Å². The molecule has 2 heterocycles. The van der Waals surface area contributed by atoms with Crippen molar-refractivity contribution in [3.8, 4) is 0 Å². The van der Waals surface area contributed by atoms with Gasteiger partial charge < -0.3 is 15.1 Å². The lowest BCUT2D eigenvalue weighted by molar-refractivity contribution is -0.119. The molecule has 0 spiro atoms. The first-order chi connectivity index (χ1) is 9.08. The highest BCUT2D eigenvalue weighted by molar-refractivity contribution is 6.04. The number of hydrogen-bond acceptors (Lipinski definition) is 4. The lowest BCUT2D eigenvalue weighted by Gasteiger charge is -2.15. The Bertz CT molecular complexity index is 643. The van der Waals surface area contributed by atoms with Gasteiger partial charge in [-0.15, -0.1) is 0 Å². The summed E-state index contributed by atoms with van der Waals surface area (Å²) in [6.45, 7) is 0.0302. The van der Waals surface area contributed by atoms with Crippen molar-refractivity contribution < 1.29 is 18.0 Å². The summed E-state index contributed by atoms with van der Waals surface area (Å²) in [4.78, 5) is 16.9. The van der Waals surface area contributed by atoms with Crippen molar-refractivity contribution in [1.29, 1.82) is 0 Å². The summed E-state index contributed by atoms with van der Waals surface area (Å²) in [5.41, 5.74) is 5.80. The third-order valence-electron chi connectivity index (χ3n) is 3.00. The van der Waals surface area contributed by atoms with Crippen LogP contribution in [0.2, 0.25) is 0 Å². The first kappa shape index (κ1) is 11.8. The SMILES string of the molecule is NC1C(=O)N(Cc2cnco2)c2cc(F)cc(F)c21. The van der Waals surface area contributed by atoms with E-state index in [4.69, 9.17) is 10.2 Å². The summed E-state index contributed by atoms with van der Waals surface area (Å²) in [5.74, 6) is -1.69. The first-order valence-electron chi connectivity index (χ1n) is 5.51. The molecule has 0 saturated carbocycles. The van der Waals surface area contributed by atoms with E-state index in [1.54, 1.807) is 0 Å². The number of anilines is 1. The molecule has 0 fully saturated rings. The standard InChI is InChI=1S/C12H9F2N3O2/c13-6-1-8(14)10-9(2-6)17(12(18)11(10)15)4-7-3-16-5-19-7/h1-3,5,11H,4,15H2. The number of nitrogens with two attached hydrogens (primary N) is 1. The molecule has 7 heteroatoms. The zero-order valence-corrected chi connectivity index (χ0v) is 9.64. The zero-order chi connectivity index (χ0) is 13.6. The number of nitrogens with zero attached hydrogens (tertiary/aromatic N) is 2. The van der Waals surface area contributed by atoms with Crippen molar-refractivity contribution in [2.75, 3.05) is 4.90 Å². The lowest BCUT2D eigenvalue weighted by Crippen LogP contribution is -2.31. The Morgan fingerprint density at radius 2 is 2.21 bits per heavy atom. The Morgan fingerprint density at radius 1 is 1.42 bits per heavy atom. The molecule has 0 radical (unpaired) electrons. The largest absolute Gasteiger partial charge is 0.447 e. The molecule has 1 amide bonds. The zero-order valence-electron chi connectivity index (χ0n) is 9.64. The van der Waals surface area contributed by atoms with Crippen LogP contribution in [-0.2, 0) is 11.3 Å². The highest BCUT2D eigenvalue weighted by Gasteiger charge is 2.38. The number of carbonyl (C=O) groups is 1. The number of hydrogen-bond donors (Lipinski definition) is 1. The maximum Gasteiger partial charge on any atom is 0.249 e. The van der Waals surface area contributed by atoms with Gasteiger partial charge in [-0.3, -0.25) is 4.79 Å². The fraction of sp³-hybridized carbons (Fsp3) is 0.167. The van der Waals surface area contributed by atoms with E-state index in [-0.39, 0.29) is 17.8 Å². The van der Waals surface area contributed by atoms with Gasteiger partial charge in [0.05, 0.1) is 18.4 Å². The van der Waals surface area contributed by atoms with E-state index >= 15 is 0 Å². The molecule has 98 valence electrons. The van der Waals surface area contributed by atoms with Crippen LogP contribution in [0.3, 0.4) is 0 Å². The van der Waals surface area contributed by atoms with E-state index in [9.17, 15) is 13.6 Å². The Balaban J connectivity index is 2.06. The average molecular weight is 265 g/mol. The van der Waals surface area contributed by atoms with Crippen molar-refractivity contribution in [1.82, 2.24) is 4.98 Å². The van der Waals surface area contributed by atoms with Crippen molar-refractivity contribution in [2.45, 2.75) is 12.6 Å². The minimum atomic E-state index is -1.13. The minimum Gasteiger partial charge on any atom is -0.447 e. The molecule has 1 aromatic carbocycles. The van der Waals surface area contributed by atoms with Crippen LogP contribution in [0.25, 0.3) is 0 Å².